The first kappa shape index (κ1) is 12.5. The van der Waals surface area contributed by atoms with E-state index in [1.807, 2.05) is 0 Å². The highest BCUT2D eigenvalue weighted by atomic mass is 16.2. The van der Waals surface area contributed by atoms with Crippen molar-refractivity contribution in [1.82, 2.24) is 10.2 Å². The molecule has 0 spiro atoms. The van der Waals surface area contributed by atoms with Crippen LogP contribution in [0.15, 0.2) is 0 Å². The highest BCUT2D eigenvalue weighted by Gasteiger charge is 2.39. The van der Waals surface area contributed by atoms with Gasteiger partial charge in [0.25, 0.3) is 0 Å². The molecule has 102 valence electrons. The van der Waals surface area contributed by atoms with Gasteiger partial charge < -0.3 is 5.32 Å². The lowest BCUT2D eigenvalue weighted by molar-refractivity contribution is -0.126. The number of rotatable bonds is 4. The fourth-order valence-electron chi connectivity index (χ4n) is 3.54. The molecule has 1 heterocycles. The van der Waals surface area contributed by atoms with Crippen molar-refractivity contribution in [3.05, 3.63) is 0 Å². The monoisotopic (exact) mass is 250 g/mol. The summed E-state index contributed by atoms with van der Waals surface area (Å²) < 4.78 is 0. The summed E-state index contributed by atoms with van der Waals surface area (Å²) in [6, 6.07) is 0.719. The van der Waals surface area contributed by atoms with Gasteiger partial charge in [0.2, 0.25) is 5.91 Å². The molecule has 0 unspecified atom stereocenters. The highest BCUT2D eigenvalue weighted by molar-refractivity contribution is 5.78. The second-order valence-corrected chi connectivity index (χ2v) is 6.50. The van der Waals surface area contributed by atoms with E-state index in [0.29, 0.717) is 6.54 Å². The minimum atomic E-state index is 0.252. The van der Waals surface area contributed by atoms with Crippen LogP contribution in [-0.2, 0) is 4.79 Å². The Morgan fingerprint density at radius 2 is 1.83 bits per heavy atom. The number of fused-ring (bicyclic) bond motifs is 1. The lowest BCUT2D eigenvalue weighted by Gasteiger charge is -2.49. The number of likely N-dealkylation sites (tertiary alicyclic amines) is 1. The largest absolute Gasteiger partial charge is 0.355 e. The van der Waals surface area contributed by atoms with Gasteiger partial charge in [-0.05, 0) is 37.5 Å². The maximum atomic E-state index is 11.9. The van der Waals surface area contributed by atoms with E-state index in [1.165, 1.54) is 57.9 Å². The zero-order valence-electron chi connectivity index (χ0n) is 11.4. The van der Waals surface area contributed by atoms with Gasteiger partial charge in [-0.3, -0.25) is 9.69 Å². The minimum Gasteiger partial charge on any atom is -0.355 e. The number of amides is 1. The van der Waals surface area contributed by atoms with Crippen molar-refractivity contribution in [1.29, 1.82) is 0 Å². The van der Waals surface area contributed by atoms with Crippen molar-refractivity contribution in [3.63, 3.8) is 0 Å². The molecule has 0 aromatic rings. The molecule has 3 heteroatoms. The molecule has 1 amide bonds. The first-order valence-electron chi connectivity index (χ1n) is 7.83. The van der Waals surface area contributed by atoms with Crippen LogP contribution in [-0.4, -0.2) is 36.5 Å². The number of carbonyl (C=O) groups is 1. The second-order valence-electron chi connectivity index (χ2n) is 6.50. The Morgan fingerprint density at radius 3 is 2.61 bits per heavy atom. The first-order chi connectivity index (χ1) is 8.83. The molecule has 1 aliphatic heterocycles. The summed E-state index contributed by atoms with van der Waals surface area (Å²) in [5.74, 6) is 1.93. The molecule has 0 bridgehead atoms. The van der Waals surface area contributed by atoms with Crippen LogP contribution < -0.4 is 5.32 Å². The summed E-state index contributed by atoms with van der Waals surface area (Å²) in [6.07, 6.45) is 10.9. The molecule has 1 N–H and O–H groups in total. The third kappa shape index (κ3) is 3.05. The van der Waals surface area contributed by atoms with Crippen molar-refractivity contribution in [2.24, 2.45) is 11.8 Å². The van der Waals surface area contributed by atoms with Gasteiger partial charge in [-0.15, -0.1) is 0 Å². The zero-order valence-corrected chi connectivity index (χ0v) is 11.4. The van der Waals surface area contributed by atoms with Gasteiger partial charge in [0.1, 0.15) is 0 Å². The average molecular weight is 250 g/mol. The normalized spacial score (nSPS) is 32.9. The Hall–Kier alpha value is -0.570. The van der Waals surface area contributed by atoms with Crippen LogP contribution in [0.5, 0.6) is 0 Å². The van der Waals surface area contributed by atoms with E-state index >= 15 is 0 Å². The molecule has 2 atom stereocenters. The van der Waals surface area contributed by atoms with Gasteiger partial charge in [-0.1, -0.05) is 25.7 Å². The number of nitrogens with zero attached hydrogens (tertiary/aromatic N) is 1. The van der Waals surface area contributed by atoms with Crippen LogP contribution in [0.4, 0.5) is 0 Å². The molecular formula is C15H26N2O. The van der Waals surface area contributed by atoms with Gasteiger partial charge >= 0.3 is 0 Å². The van der Waals surface area contributed by atoms with E-state index in [1.54, 1.807) is 0 Å². The van der Waals surface area contributed by atoms with Crippen LogP contribution in [0.1, 0.15) is 51.4 Å². The summed E-state index contributed by atoms with van der Waals surface area (Å²) in [7, 11) is 0. The quantitative estimate of drug-likeness (QED) is 0.829. The molecule has 3 aliphatic rings. The maximum absolute atomic E-state index is 11.9. The van der Waals surface area contributed by atoms with Gasteiger partial charge in [-0.2, -0.15) is 0 Å². The highest BCUT2D eigenvalue weighted by Crippen LogP contribution is 2.34. The third-order valence-corrected chi connectivity index (χ3v) is 4.94. The molecule has 3 rings (SSSR count). The van der Waals surface area contributed by atoms with Gasteiger partial charge in [-0.25, -0.2) is 0 Å². The SMILES string of the molecule is O=C(CN1C[C@H]2CCCCCC[C@@H]21)NCC1CC1. The maximum Gasteiger partial charge on any atom is 0.234 e. The van der Waals surface area contributed by atoms with E-state index in [9.17, 15) is 4.79 Å². The van der Waals surface area contributed by atoms with Crippen LogP contribution in [0.25, 0.3) is 0 Å². The average Bonchev–Trinajstić information content (AvgIpc) is 3.13. The molecule has 1 saturated heterocycles. The van der Waals surface area contributed by atoms with E-state index in [4.69, 9.17) is 0 Å². The summed E-state index contributed by atoms with van der Waals surface area (Å²) in [5, 5.41) is 3.09. The fraction of sp³-hybridized carbons (Fsp3) is 0.933. The molecule has 3 fully saturated rings. The molecule has 0 radical (unpaired) electrons. The Bertz CT molecular complexity index is 301. The Kier molecular flexibility index (Phi) is 3.88. The van der Waals surface area contributed by atoms with Crippen LogP contribution in [0, 0.1) is 11.8 Å². The van der Waals surface area contributed by atoms with Crippen molar-refractivity contribution >= 4 is 5.91 Å². The predicted molar refractivity (Wildman–Crippen MR) is 72.3 cm³/mol. The van der Waals surface area contributed by atoms with Gasteiger partial charge in [0.05, 0.1) is 6.54 Å². The number of hydrogen-bond acceptors (Lipinski definition) is 2. The molecule has 2 saturated carbocycles. The summed E-state index contributed by atoms with van der Waals surface area (Å²) in [5.41, 5.74) is 0. The summed E-state index contributed by atoms with van der Waals surface area (Å²) in [6.45, 7) is 2.73. The number of carbonyl (C=O) groups excluding carboxylic acids is 1. The molecular weight excluding hydrogens is 224 g/mol. The van der Waals surface area contributed by atoms with Crippen molar-refractivity contribution in [2.45, 2.75) is 57.4 Å². The smallest absolute Gasteiger partial charge is 0.234 e. The Labute approximate surface area is 110 Å². The first-order valence-corrected chi connectivity index (χ1v) is 7.83. The van der Waals surface area contributed by atoms with Crippen molar-refractivity contribution in [3.8, 4) is 0 Å². The fourth-order valence-corrected chi connectivity index (χ4v) is 3.54. The van der Waals surface area contributed by atoms with Crippen LogP contribution in [0.3, 0.4) is 0 Å². The minimum absolute atomic E-state index is 0.252. The molecule has 0 aromatic heterocycles. The van der Waals surface area contributed by atoms with E-state index in [0.717, 1.165) is 24.4 Å². The summed E-state index contributed by atoms with van der Waals surface area (Å²) in [4.78, 5) is 14.3. The van der Waals surface area contributed by atoms with Crippen LogP contribution in [0.2, 0.25) is 0 Å². The second kappa shape index (κ2) is 5.60. The number of nitrogens with one attached hydrogen (secondary N) is 1. The number of hydrogen-bond donors (Lipinski definition) is 1. The molecule has 2 aliphatic carbocycles. The molecule has 18 heavy (non-hydrogen) atoms. The standard InChI is InChI=1S/C15H26N2O/c18-15(16-9-12-7-8-12)11-17-10-13-5-3-1-2-4-6-14(13)17/h12-14H,1-11H2,(H,16,18)/t13-,14+/m1/s1. The van der Waals surface area contributed by atoms with Crippen molar-refractivity contribution < 1.29 is 4.79 Å². The molecule has 3 nitrogen and oxygen atoms in total. The third-order valence-electron chi connectivity index (χ3n) is 4.94. The van der Waals surface area contributed by atoms with E-state index < -0.39 is 0 Å². The van der Waals surface area contributed by atoms with E-state index in [-0.39, 0.29) is 5.91 Å². The summed E-state index contributed by atoms with van der Waals surface area (Å²) >= 11 is 0. The lowest BCUT2D eigenvalue weighted by atomic mass is 9.79. The zero-order chi connectivity index (χ0) is 12.4. The van der Waals surface area contributed by atoms with Gasteiger partial charge in [0.15, 0.2) is 0 Å². The lowest BCUT2D eigenvalue weighted by Crippen LogP contribution is -2.58. The Balaban J connectivity index is 1.41. The van der Waals surface area contributed by atoms with E-state index in [2.05, 4.69) is 10.2 Å². The van der Waals surface area contributed by atoms with Gasteiger partial charge in [0, 0.05) is 19.1 Å². The predicted octanol–water partition coefficient (Wildman–Crippen LogP) is 2.17. The Morgan fingerprint density at radius 1 is 1.06 bits per heavy atom. The van der Waals surface area contributed by atoms with Crippen LogP contribution >= 0.6 is 0 Å². The topological polar surface area (TPSA) is 32.3 Å². The van der Waals surface area contributed by atoms with Crippen molar-refractivity contribution in [2.75, 3.05) is 19.6 Å². The molecule has 0 aromatic carbocycles.